The smallest absolute Gasteiger partial charge is 0.255 e. The van der Waals surface area contributed by atoms with Gasteiger partial charge in [0, 0.05) is 11.4 Å². The van der Waals surface area contributed by atoms with Gasteiger partial charge >= 0.3 is 0 Å². The normalized spacial score (nSPS) is 15.4. The lowest BCUT2D eigenvalue weighted by Gasteiger charge is -2.31. The van der Waals surface area contributed by atoms with Crippen molar-refractivity contribution in [3.63, 3.8) is 0 Å². The predicted molar refractivity (Wildman–Crippen MR) is 130 cm³/mol. The van der Waals surface area contributed by atoms with E-state index in [0.717, 1.165) is 45.9 Å². The van der Waals surface area contributed by atoms with Crippen molar-refractivity contribution in [3.8, 4) is 0 Å². The standard InChI is InChI=1S/C27H26N4O/c1-4-19-11-13-20(14-12-19)25-24(26(32)29-21-15-9-17(2)10-16-21)18(3)28-27-30-22-7-5-6-8-23(22)31(25)27/h5-16,25H,4H2,1-3H3,(H,28,30)(H,29,32). The minimum absolute atomic E-state index is 0.119. The lowest BCUT2D eigenvalue weighted by atomic mass is 9.93. The van der Waals surface area contributed by atoms with Gasteiger partial charge in [-0.15, -0.1) is 0 Å². The molecule has 1 amide bonds. The number of para-hydroxylation sites is 2. The molecule has 1 aliphatic rings. The molecule has 0 bridgehead atoms. The topological polar surface area (TPSA) is 59.0 Å². The summed E-state index contributed by atoms with van der Waals surface area (Å²) < 4.78 is 2.13. The van der Waals surface area contributed by atoms with E-state index in [4.69, 9.17) is 4.98 Å². The van der Waals surface area contributed by atoms with Crippen LogP contribution in [0.2, 0.25) is 0 Å². The molecule has 0 spiro atoms. The first-order valence-electron chi connectivity index (χ1n) is 11.0. The second kappa shape index (κ2) is 8.00. The number of carbonyl (C=O) groups is 1. The second-order valence-corrected chi connectivity index (χ2v) is 8.28. The molecule has 1 aliphatic heterocycles. The second-order valence-electron chi connectivity index (χ2n) is 8.28. The minimum atomic E-state index is -0.282. The third-order valence-corrected chi connectivity index (χ3v) is 6.09. The average molecular weight is 423 g/mol. The molecule has 0 saturated heterocycles. The van der Waals surface area contributed by atoms with E-state index < -0.39 is 0 Å². The van der Waals surface area contributed by atoms with Crippen LogP contribution in [0.25, 0.3) is 11.0 Å². The summed E-state index contributed by atoms with van der Waals surface area (Å²) in [5.74, 6) is 0.631. The zero-order valence-electron chi connectivity index (χ0n) is 18.5. The van der Waals surface area contributed by atoms with Gasteiger partial charge in [-0.2, -0.15) is 0 Å². The average Bonchev–Trinajstić information content (AvgIpc) is 3.17. The Morgan fingerprint density at radius 1 is 1.00 bits per heavy atom. The minimum Gasteiger partial charge on any atom is -0.329 e. The van der Waals surface area contributed by atoms with Gasteiger partial charge in [0.25, 0.3) is 5.91 Å². The molecule has 0 fully saturated rings. The zero-order chi connectivity index (χ0) is 22.2. The summed E-state index contributed by atoms with van der Waals surface area (Å²) in [6.45, 7) is 6.12. The van der Waals surface area contributed by atoms with Crippen molar-refractivity contribution in [3.05, 3.63) is 101 Å². The van der Waals surface area contributed by atoms with Gasteiger partial charge < -0.3 is 10.6 Å². The molecule has 0 radical (unpaired) electrons. The molecular formula is C27H26N4O. The lowest BCUT2D eigenvalue weighted by Crippen LogP contribution is -2.30. The molecule has 160 valence electrons. The monoisotopic (exact) mass is 422 g/mol. The van der Waals surface area contributed by atoms with Gasteiger partial charge in [0.2, 0.25) is 5.95 Å². The molecule has 32 heavy (non-hydrogen) atoms. The first-order chi connectivity index (χ1) is 15.5. The van der Waals surface area contributed by atoms with Gasteiger partial charge in [-0.05, 0) is 55.7 Å². The van der Waals surface area contributed by atoms with Crippen molar-refractivity contribution in [2.75, 3.05) is 10.6 Å². The number of aromatic nitrogens is 2. The first kappa shape index (κ1) is 20.1. The number of carbonyl (C=O) groups excluding carboxylic acids is 1. The number of hydrogen-bond donors (Lipinski definition) is 2. The van der Waals surface area contributed by atoms with Crippen LogP contribution < -0.4 is 10.6 Å². The fourth-order valence-electron chi connectivity index (χ4n) is 4.34. The van der Waals surface area contributed by atoms with Gasteiger partial charge in [0.05, 0.1) is 22.6 Å². The summed E-state index contributed by atoms with van der Waals surface area (Å²) >= 11 is 0. The Morgan fingerprint density at radius 3 is 2.44 bits per heavy atom. The Bertz CT molecular complexity index is 1330. The van der Waals surface area contributed by atoms with Gasteiger partial charge in [0.1, 0.15) is 0 Å². The SMILES string of the molecule is CCc1ccc(C2C(C(=O)Nc3ccc(C)cc3)=C(C)Nc3nc4ccccc4n32)cc1. The van der Waals surface area contributed by atoms with Gasteiger partial charge in [-0.25, -0.2) is 4.98 Å². The van der Waals surface area contributed by atoms with Gasteiger partial charge in [-0.3, -0.25) is 9.36 Å². The summed E-state index contributed by atoms with van der Waals surface area (Å²) in [6.07, 6.45) is 0.974. The van der Waals surface area contributed by atoms with Crippen LogP contribution in [-0.2, 0) is 11.2 Å². The molecule has 5 heteroatoms. The number of hydrogen-bond acceptors (Lipinski definition) is 3. The first-order valence-corrected chi connectivity index (χ1v) is 11.0. The molecule has 3 aromatic carbocycles. The van der Waals surface area contributed by atoms with Crippen LogP contribution in [0.4, 0.5) is 11.6 Å². The number of anilines is 2. The number of nitrogens with zero attached hydrogens (tertiary/aromatic N) is 2. The van der Waals surface area contributed by atoms with Crippen molar-refractivity contribution in [2.24, 2.45) is 0 Å². The van der Waals surface area contributed by atoms with Crippen molar-refractivity contribution in [2.45, 2.75) is 33.2 Å². The summed E-state index contributed by atoms with van der Waals surface area (Å²) in [5.41, 5.74) is 7.65. The van der Waals surface area contributed by atoms with Crippen molar-refractivity contribution < 1.29 is 4.79 Å². The van der Waals surface area contributed by atoms with E-state index in [2.05, 4.69) is 52.5 Å². The Hall–Kier alpha value is -3.86. The highest BCUT2D eigenvalue weighted by Gasteiger charge is 2.34. The lowest BCUT2D eigenvalue weighted by molar-refractivity contribution is -0.113. The fraction of sp³-hybridized carbons (Fsp3) is 0.185. The zero-order valence-corrected chi connectivity index (χ0v) is 18.5. The Labute approximate surface area is 187 Å². The third-order valence-electron chi connectivity index (χ3n) is 6.09. The van der Waals surface area contributed by atoms with Crippen molar-refractivity contribution in [1.29, 1.82) is 0 Å². The maximum Gasteiger partial charge on any atom is 0.255 e. The van der Waals surface area contributed by atoms with E-state index in [1.165, 1.54) is 5.56 Å². The number of aryl methyl sites for hydroxylation is 2. The number of amides is 1. The molecule has 5 nitrogen and oxygen atoms in total. The van der Waals surface area contributed by atoms with E-state index in [-0.39, 0.29) is 11.9 Å². The van der Waals surface area contributed by atoms with Crippen LogP contribution in [0.3, 0.4) is 0 Å². The van der Waals surface area contributed by atoms with E-state index in [1.807, 2.05) is 56.3 Å². The molecule has 0 aliphatic carbocycles. The number of allylic oxidation sites excluding steroid dienone is 1. The highest BCUT2D eigenvalue weighted by atomic mass is 16.1. The third kappa shape index (κ3) is 3.46. The van der Waals surface area contributed by atoms with Crippen LogP contribution >= 0.6 is 0 Å². The van der Waals surface area contributed by atoms with E-state index in [9.17, 15) is 4.79 Å². The quantitative estimate of drug-likeness (QED) is 0.435. The van der Waals surface area contributed by atoms with E-state index in [0.29, 0.717) is 5.57 Å². The number of benzene rings is 3. The van der Waals surface area contributed by atoms with Crippen LogP contribution in [-0.4, -0.2) is 15.5 Å². The molecule has 1 unspecified atom stereocenters. The predicted octanol–water partition coefficient (Wildman–Crippen LogP) is 5.83. The van der Waals surface area contributed by atoms with Crippen molar-refractivity contribution in [1.82, 2.24) is 9.55 Å². The maximum atomic E-state index is 13.6. The molecule has 0 saturated carbocycles. The van der Waals surface area contributed by atoms with Gasteiger partial charge in [-0.1, -0.05) is 61.0 Å². The Balaban J connectivity index is 1.64. The Kier molecular flexibility index (Phi) is 5.02. The molecule has 1 atom stereocenters. The molecule has 2 N–H and O–H groups in total. The summed E-state index contributed by atoms with van der Waals surface area (Å²) in [5, 5.41) is 6.46. The van der Waals surface area contributed by atoms with E-state index >= 15 is 0 Å². The van der Waals surface area contributed by atoms with E-state index in [1.54, 1.807) is 0 Å². The van der Waals surface area contributed by atoms with Crippen LogP contribution in [0.15, 0.2) is 84.1 Å². The Morgan fingerprint density at radius 2 is 1.72 bits per heavy atom. The highest BCUT2D eigenvalue weighted by molar-refractivity contribution is 6.06. The summed E-state index contributed by atoms with van der Waals surface area (Å²) in [6, 6.07) is 24.2. The maximum absolute atomic E-state index is 13.6. The molecule has 5 rings (SSSR count). The van der Waals surface area contributed by atoms with Gasteiger partial charge in [0.15, 0.2) is 0 Å². The fourth-order valence-corrected chi connectivity index (χ4v) is 4.34. The summed E-state index contributed by atoms with van der Waals surface area (Å²) in [7, 11) is 0. The summed E-state index contributed by atoms with van der Waals surface area (Å²) in [4.78, 5) is 18.4. The van der Waals surface area contributed by atoms with Crippen LogP contribution in [0.5, 0.6) is 0 Å². The van der Waals surface area contributed by atoms with Crippen LogP contribution in [0, 0.1) is 6.92 Å². The van der Waals surface area contributed by atoms with Crippen LogP contribution in [0.1, 0.15) is 36.6 Å². The number of nitrogens with one attached hydrogen (secondary N) is 2. The number of fused-ring (bicyclic) bond motifs is 3. The number of imidazole rings is 1. The molecule has 1 aromatic heterocycles. The molecular weight excluding hydrogens is 396 g/mol. The molecule has 4 aromatic rings. The number of rotatable bonds is 4. The molecule has 2 heterocycles. The highest BCUT2D eigenvalue weighted by Crippen LogP contribution is 2.39. The largest absolute Gasteiger partial charge is 0.329 e. The van der Waals surface area contributed by atoms with Crippen molar-refractivity contribution >= 4 is 28.6 Å².